The van der Waals surface area contributed by atoms with E-state index in [0.29, 0.717) is 0 Å². The van der Waals surface area contributed by atoms with Gasteiger partial charge >= 0.3 is 0 Å². The molecule has 0 unspecified atom stereocenters. The molecule has 2 heteroatoms. The van der Waals surface area contributed by atoms with Crippen molar-refractivity contribution < 1.29 is 13.0 Å². The van der Waals surface area contributed by atoms with E-state index in [-0.39, 0.29) is 6.42 Å². The molecule has 2 N–H and O–H groups in total. The fourth-order valence-electron chi connectivity index (χ4n) is 0.193. The molecule has 0 saturated carbocycles. The summed E-state index contributed by atoms with van der Waals surface area (Å²) in [6, 6.07) is 0. The summed E-state index contributed by atoms with van der Waals surface area (Å²) in [6.45, 7) is 0.625. The average molecular weight is 106 g/mol. The lowest BCUT2D eigenvalue weighted by Crippen LogP contribution is -2.19. The van der Waals surface area contributed by atoms with Crippen LogP contribution in [0.2, 0.25) is 0 Å². The summed E-state index contributed by atoms with van der Waals surface area (Å²) in [7, 11) is 0. The minimum atomic E-state index is -2.27. The first-order valence-corrected chi connectivity index (χ1v) is 2.15. The van der Waals surface area contributed by atoms with Gasteiger partial charge in [0.2, 0.25) is 0 Å². The van der Waals surface area contributed by atoms with E-state index in [0.717, 1.165) is 0 Å². The maximum Gasteiger partial charge on any atom is 0.0613 e. The van der Waals surface area contributed by atoms with Gasteiger partial charge in [0, 0.05) is 6.56 Å². The topological polar surface area (TPSA) is 40.5 Å². The van der Waals surface area contributed by atoms with E-state index in [1.54, 1.807) is 0 Å². The Labute approximate surface area is 46.6 Å². The van der Waals surface area contributed by atoms with Gasteiger partial charge in [-0.05, 0) is 20.3 Å². The third-order valence-electron chi connectivity index (χ3n) is 0.512. The minimum Gasteiger partial charge on any atom is -0.396 e. The van der Waals surface area contributed by atoms with Gasteiger partial charge in [-0.1, -0.05) is 0 Å². The number of rotatable bonds is 2. The smallest absolute Gasteiger partial charge is 0.0613 e. The fraction of sp³-hybridized carbons (Fsp3) is 1.00. The highest BCUT2D eigenvalue weighted by Gasteiger charge is 2.09. The molecule has 0 aliphatic carbocycles. The fourth-order valence-corrected chi connectivity index (χ4v) is 0.193. The van der Waals surface area contributed by atoms with Crippen LogP contribution in [-0.4, -0.2) is 22.4 Å². The number of aliphatic hydroxyl groups is 2. The highest BCUT2D eigenvalue weighted by molar-refractivity contribution is 4.62. The van der Waals surface area contributed by atoms with E-state index in [1.165, 1.54) is 13.8 Å². The van der Waals surface area contributed by atoms with Crippen molar-refractivity contribution in [1.29, 1.82) is 0 Å². The zero-order chi connectivity index (χ0) is 7.71. The average Bonchev–Trinajstić information content (AvgIpc) is 1.14. The predicted molar refractivity (Wildman–Crippen MR) is 28.0 cm³/mol. The van der Waals surface area contributed by atoms with E-state index in [9.17, 15) is 0 Å². The van der Waals surface area contributed by atoms with Crippen LogP contribution in [0.1, 0.15) is 23.0 Å². The Hall–Kier alpha value is -0.0800. The Morgan fingerprint density at radius 1 is 1.71 bits per heavy atom. The molecule has 0 aliphatic heterocycles. The molecule has 0 amide bonds. The molecule has 0 rings (SSSR count). The zero-order valence-electron chi connectivity index (χ0n) is 6.60. The standard InChI is InChI=1S/C5H12O2/c1-5(2,7)3-4-6/h6-7H,3-4H2,1-2H3/i4D2. The number of hydrogen-bond acceptors (Lipinski definition) is 2. The first-order valence-electron chi connectivity index (χ1n) is 3.15. The van der Waals surface area contributed by atoms with Gasteiger partial charge in [-0.2, -0.15) is 0 Å². The lowest BCUT2D eigenvalue weighted by molar-refractivity contribution is 0.0515. The van der Waals surface area contributed by atoms with Crippen LogP contribution in [0, 0.1) is 0 Å². The van der Waals surface area contributed by atoms with Crippen molar-refractivity contribution >= 4 is 0 Å². The molecule has 7 heavy (non-hydrogen) atoms. The molecular formula is C5H12O2. The summed E-state index contributed by atoms with van der Waals surface area (Å²) in [5, 5.41) is 17.5. The van der Waals surface area contributed by atoms with E-state index in [2.05, 4.69) is 0 Å². The van der Waals surface area contributed by atoms with Gasteiger partial charge in [0.15, 0.2) is 0 Å². The van der Waals surface area contributed by atoms with Gasteiger partial charge in [0.05, 0.1) is 8.34 Å². The lowest BCUT2D eigenvalue weighted by Gasteiger charge is -2.13. The molecule has 2 nitrogen and oxygen atoms in total. The molecule has 0 aromatic heterocycles. The molecule has 0 spiro atoms. The second-order valence-electron chi connectivity index (χ2n) is 2.15. The first kappa shape index (κ1) is 3.87. The summed E-state index contributed by atoms with van der Waals surface area (Å²) in [4.78, 5) is 0. The molecule has 0 saturated heterocycles. The predicted octanol–water partition coefficient (Wildman–Crippen LogP) is 0.140. The summed E-state index contributed by atoms with van der Waals surface area (Å²) < 4.78 is 13.3. The molecule has 44 valence electrons. The number of hydrogen-bond donors (Lipinski definition) is 2. The van der Waals surface area contributed by atoms with E-state index >= 15 is 0 Å². The van der Waals surface area contributed by atoms with Crippen molar-refractivity contribution in [2.24, 2.45) is 0 Å². The van der Waals surface area contributed by atoms with Crippen LogP contribution < -0.4 is 0 Å². The molecular weight excluding hydrogens is 92.1 g/mol. The van der Waals surface area contributed by atoms with Crippen LogP contribution >= 0.6 is 0 Å². The Bertz CT molecular complexity index is 78.1. The summed E-state index contributed by atoms with van der Waals surface area (Å²) in [5.74, 6) is 0. The van der Waals surface area contributed by atoms with E-state index in [1.807, 2.05) is 0 Å². The molecule has 0 radical (unpaired) electrons. The Kier molecular flexibility index (Phi) is 1.26. The third kappa shape index (κ3) is 5.92. The van der Waals surface area contributed by atoms with Crippen molar-refractivity contribution in [3.05, 3.63) is 0 Å². The second-order valence-corrected chi connectivity index (χ2v) is 2.15. The van der Waals surface area contributed by atoms with Crippen molar-refractivity contribution in [3.8, 4) is 0 Å². The maximum absolute atomic E-state index is 8.95. The van der Waals surface area contributed by atoms with Crippen LogP contribution in [0.4, 0.5) is 0 Å². The first-order chi connectivity index (χ1) is 3.71. The molecule has 0 fully saturated rings. The van der Waals surface area contributed by atoms with Crippen molar-refractivity contribution in [2.45, 2.75) is 25.9 Å². The van der Waals surface area contributed by atoms with Gasteiger partial charge in [-0.25, -0.2) is 0 Å². The van der Waals surface area contributed by atoms with Crippen LogP contribution in [0.25, 0.3) is 0 Å². The van der Waals surface area contributed by atoms with Crippen molar-refractivity contribution in [3.63, 3.8) is 0 Å². The van der Waals surface area contributed by atoms with Crippen LogP contribution in [-0.2, 0) is 0 Å². The van der Waals surface area contributed by atoms with E-state index in [4.69, 9.17) is 13.0 Å². The molecule has 0 aromatic rings. The van der Waals surface area contributed by atoms with Crippen LogP contribution in [0.3, 0.4) is 0 Å². The SMILES string of the molecule is [2H]C([2H])(O)CC(C)(C)O. The van der Waals surface area contributed by atoms with Crippen LogP contribution in [0.5, 0.6) is 0 Å². The quantitative estimate of drug-likeness (QED) is 0.525. The van der Waals surface area contributed by atoms with Gasteiger partial charge < -0.3 is 10.2 Å². The minimum absolute atomic E-state index is 0.264. The maximum atomic E-state index is 8.95. The lowest BCUT2D eigenvalue weighted by atomic mass is 10.1. The second kappa shape index (κ2) is 2.28. The summed E-state index contributed by atoms with van der Waals surface area (Å²) in [6.07, 6.45) is -0.264. The molecule has 0 heterocycles. The van der Waals surface area contributed by atoms with Gasteiger partial charge in [-0.3, -0.25) is 0 Å². The highest BCUT2D eigenvalue weighted by Crippen LogP contribution is 2.04. The molecule has 0 atom stereocenters. The third-order valence-corrected chi connectivity index (χ3v) is 0.512. The molecule has 0 bridgehead atoms. The van der Waals surface area contributed by atoms with Crippen molar-refractivity contribution in [2.75, 3.05) is 6.56 Å². The van der Waals surface area contributed by atoms with Gasteiger partial charge in [-0.15, -0.1) is 0 Å². The Morgan fingerprint density at radius 3 is 2.14 bits per heavy atom. The largest absolute Gasteiger partial charge is 0.396 e. The Morgan fingerprint density at radius 2 is 2.14 bits per heavy atom. The summed E-state index contributed by atoms with van der Waals surface area (Å²) >= 11 is 0. The Balaban J connectivity index is 3.75. The van der Waals surface area contributed by atoms with Gasteiger partial charge in [0.25, 0.3) is 0 Å². The van der Waals surface area contributed by atoms with Crippen molar-refractivity contribution in [1.82, 2.24) is 0 Å². The monoisotopic (exact) mass is 106 g/mol. The highest BCUT2D eigenvalue weighted by atomic mass is 16.3. The van der Waals surface area contributed by atoms with Crippen LogP contribution in [0.15, 0.2) is 0 Å². The van der Waals surface area contributed by atoms with Gasteiger partial charge in [0.1, 0.15) is 0 Å². The normalized spacial score (nSPS) is 18.3. The molecule has 0 aromatic carbocycles. The van der Waals surface area contributed by atoms with E-state index < -0.39 is 12.2 Å². The zero-order valence-corrected chi connectivity index (χ0v) is 4.60. The summed E-state index contributed by atoms with van der Waals surface area (Å²) in [5.41, 5.74) is -1.14. The molecule has 0 aliphatic rings.